The zero-order valence-electron chi connectivity index (χ0n) is 10.8. The second-order valence-electron chi connectivity index (χ2n) is 4.10. The fourth-order valence-electron chi connectivity index (χ4n) is 1.52. The summed E-state index contributed by atoms with van der Waals surface area (Å²) in [7, 11) is 0. The molecule has 0 saturated heterocycles. The molecule has 0 aliphatic carbocycles. The summed E-state index contributed by atoms with van der Waals surface area (Å²) < 4.78 is 5.43. The van der Waals surface area contributed by atoms with Crippen LogP contribution in [0, 0.1) is 0 Å². The van der Waals surface area contributed by atoms with Gasteiger partial charge in [-0.3, -0.25) is 9.78 Å². The zero-order valence-corrected chi connectivity index (χ0v) is 10.8. The summed E-state index contributed by atoms with van der Waals surface area (Å²) in [6, 6.07) is 5.45. The Hall–Kier alpha value is -2.24. The maximum atomic E-state index is 11.4. The van der Waals surface area contributed by atoms with E-state index in [0.717, 1.165) is 12.8 Å². The van der Waals surface area contributed by atoms with Gasteiger partial charge in [-0.05, 0) is 18.6 Å². The van der Waals surface area contributed by atoms with Crippen LogP contribution in [0.15, 0.2) is 28.8 Å². The molecule has 0 aliphatic rings. The highest BCUT2D eigenvalue weighted by atomic mass is 16.4. The van der Waals surface area contributed by atoms with Crippen molar-refractivity contribution in [1.82, 2.24) is 20.5 Å². The maximum Gasteiger partial charge on any atom is 0.266 e. The predicted molar refractivity (Wildman–Crippen MR) is 68.9 cm³/mol. The molecule has 100 valence electrons. The van der Waals surface area contributed by atoms with Crippen LogP contribution in [0.5, 0.6) is 0 Å². The van der Waals surface area contributed by atoms with Gasteiger partial charge in [0.1, 0.15) is 5.69 Å². The predicted octanol–water partition coefficient (Wildman–Crippen LogP) is 1.94. The molecule has 6 nitrogen and oxygen atoms in total. The molecule has 2 heterocycles. The second kappa shape index (κ2) is 6.63. The summed E-state index contributed by atoms with van der Waals surface area (Å²) in [4.78, 5) is 15.6. The third kappa shape index (κ3) is 3.87. The average molecular weight is 260 g/mol. The molecule has 0 radical (unpaired) electrons. The number of unbranched alkanes of at least 4 members (excludes halogenated alkanes) is 1. The monoisotopic (exact) mass is 260 g/mol. The number of aromatic nitrogens is 3. The summed E-state index contributed by atoms with van der Waals surface area (Å²) in [5, 5.41) is 10.5. The number of nitrogens with zero attached hydrogens (tertiary/aromatic N) is 3. The quantitative estimate of drug-likeness (QED) is 0.858. The minimum atomic E-state index is -0.000522. The fourth-order valence-corrected chi connectivity index (χ4v) is 1.52. The average Bonchev–Trinajstić information content (AvgIpc) is 2.93. The molecule has 19 heavy (non-hydrogen) atoms. The van der Waals surface area contributed by atoms with Crippen molar-refractivity contribution in [1.29, 1.82) is 0 Å². The number of carbonyl (C=O) groups is 1. The number of pyridine rings is 1. The molecule has 2 aromatic rings. The van der Waals surface area contributed by atoms with Crippen molar-refractivity contribution >= 4 is 5.91 Å². The number of hydrogen-bond acceptors (Lipinski definition) is 5. The molecule has 0 atom stereocenters. The van der Waals surface area contributed by atoms with Gasteiger partial charge < -0.3 is 9.73 Å². The third-order valence-corrected chi connectivity index (χ3v) is 2.55. The molecule has 0 unspecified atom stereocenters. The topological polar surface area (TPSA) is 80.9 Å². The van der Waals surface area contributed by atoms with E-state index < -0.39 is 0 Å². The molecule has 0 aromatic carbocycles. The smallest absolute Gasteiger partial charge is 0.266 e. The van der Waals surface area contributed by atoms with E-state index in [2.05, 4.69) is 20.5 Å². The standard InChI is InChI=1S/C13H16N4O2/c1-2-3-7-11(18)15-9-12-16-17-13(19-12)10-6-4-5-8-14-10/h4-6,8H,2-3,7,9H2,1H3,(H,15,18). The molecule has 0 fully saturated rings. The Morgan fingerprint density at radius 2 is 2.26 bits per heavy atom. The lowest BCUT2D eigenvalue weighted by molar-refractivity contribution is -0.121. The molecule has 0 spiro atoms. The van der Waals surface area contributed by atoms with E-state index in [1.165, 1.54) is 0 Å². The minimum absolute atomic E-state index is 0.000522. The molecule has 0 saturated carbocycles. The lowest BCUT2D eigenvalue weighted by atomic mass is 10.2. The highest BCUT2D eigenvalue weighted by Crippen LogP contribution is 2.13. The lowest BCUT2D eigenvalue weighted by Gasteiger charge is -2.00. The van der Waals surface area contributed by atoms with Crippen LogP contribution < -0.4 is 5.32 Å². The van der Waals surface area contributed by atoms with Crippen molar-refractivity contribution in [3.05, 3.63) is 30.3 Å². The van der Waals surface area contributed by atoms with E-state index >= 15 is 0 Å². The van der Waals surface area contributed by atoms with Crippen molar-refractivity contribution in [3.63, 3.8) is 0 Å². The van der Waals surface area contributed by atoms with Gasteiger partial charge in [0.15, 0.2) is 0 Å². The van der Waals surface area contributed by atoms with Crippen molar-refractivity contribution < 1.29 is 9.21 Å². The molecule has 1 N–H and O–H groups in total. The molecule has 6 heteroatoms. The Kier molecular flexibility index (Phi) is 4.60. The van der Waals surface area contributed by atoms with E-state index in [1.807, 2.05) is 19.1 Å². The van der Waals surface area contributed by atoms with Gasteiger partial charge >= 0.3 is 0 Å². The second-order valence-corrected chi connectivity index (χ2v) is 4.10. The van der Waals surface area contributed by atoms with E-state index in [1.54, 1.807) is 12.3 Å². The Morgan fingerprint density at radius 1 is 1.37 bits per heavy atom. The van der Waals surface area contributed by atoms with Crippen LogP contribution in [-0.4, -0.2) is 21.1 Å². The van der Waals surface area contributed by atoms with E-state index in [9.17, 15) is 4.79 Å². The Balaban J connectivity index is 1.90. The van der Waals surface area contributed by atoms with Gasteiger partial charge in [-0.25, -0.2) is 0 Å². The number of hydrogen-bond donors (Lipinski definition) is 1. The van der Waals surface area contributed by atoms with Crippen LogP contribution in [0.1, 0.15) is 32.1 Å². The number of amides is 1. The highest BCUT2D eigenvalue weighted by molar-refractivity contribution is 5.75. The van der Waals surface area contributed by atoms with E-state index in [0.29, 0.717) is 23.9 Å². The molecule has 1 amide bonds. The first-order valence-corrected chi connectivity index (χ1v) is 6.30. The molecule has 2 rings (SSSR count). The van der Waals surface area contributed by atoms with E-state index in [-0.39, 0.29) is 12.5 Å². The van der Waals surface area contributed by atoms with Gasteiger partial charge in [0.2, 0.25) is 11.8 Å². The lowest BCUT2D eigenvalue weighted by Crippen LogP contribution is -2.22. The molecular formula is C13H16N4O2. The van der Waals surface area contributed by atoms with Crippen molar-refractivity contribution in [2.24, 2.45) is 0 Å². The number of carbonyl (C=O) groups excluding carboxylic acids is 1. The Labute approximate surface area is 111 Å². The maximum absolute atomic E-state index is 11.4. The summed E-state index contributed by atoms with van der Waals surface area (Å²) in [6.45, 7) is 2.30. The Bertz CT molecular complexity index is 524. The zero-order chi connectivity index (χ0) is 13.5. The van der Waals surface area contributed by atoms with Crippen LogP contribution in [0.2, 0.25) is 0 Å². The van der Waals surface area contributed by atoms with Crippen LogP contribution >= 0.6 is 0 Å². The first-order valence-electron chi connectivity index (χ1n) is 6.30. The van der Waals surface area contributed by atoms with Gasteiger partial charge in [0, 0.05) is 12.6 Å². The highest BCUT2D eigenvalue weighted by Gasteiger charge is 2.09. The van der Waals surface area contributed by atoms with Gasteiger partial charge in [0.25, 0.3) is 5.89 Å². The fraction of sp³-hybridized carbons (Fsp3) is 0.385. The van der Waals surface area contributed by atoms with Crippen LogP contribution in [0.3, 0.4) is 0 Å². The summed E-state index contributed by atoms with van der Waals surface area (Å²) in [6.07, 6.45) is 4.07. The molecular weight excluding hydrogens is 244 g/mol. The summed E-state index contributed by atoms with van der Waals surface area (Å²) in [5.41, 5.74) is 0.624. The van der Waals surface area contributed by atoms with Gasteiger partial charge in [-0.1, -0.05) is 19.4 Å². The number of rotatable bonds is 6. The normalized spacial score (nSPS) is 10.4. The Morgan fingerprint density at radius 3 is 3.00 bits per heavy atom. The van der Waals surface area contributed by atoms with Crippen molar-refractivity contribution in [2.45, 2.75) is 32.7 Å². The first-order chi connectivity index (χ1) is 9.29. The first kappa shape index (κ1) is 13.2. The largest absolute Gasteiger partial charge is 0.417 e. The third-order valence-electron chi connectivity index (χ3n) is 2.55. The summed E-state index contributed by atoms with van der Waals surface area (Å²) >= 11 is 0. The van der Waals surface area contributed by atoms with Gasteiger partial charge in [-0.15, -0.1) is 10.2 Å². The van der Waals surface area contributed by atoms with Crippen LogP contribution in [0.25, 0.3) is 11.6 Å². The summed E-state index contributed by atoms with van der Waals surface area (Å²) in [5.74, 6) is 0.739. The SMILES string of the molecule is CCCCC(=O)NCc1nnc(-c2ccccn2)o1. The van der Waals surface area contributed by atoms with Crippen LogP contribution in [-0.2, 0) is 11.3 Å². The van der Waals surface area contributed by atoms with Crippen molar-refractivity contribution in [2.75, 3.05) is 0 Å². The van der Waals surface area contributed by atoms with Crippen molar-refractivity contribution in [3.8, 4) is 11.6 Å². The molecule has 0 aliphatic heterocycles. The number of nitrogens with one attached hydrogen (secondary N) is 1. The van der Waals surface area contributed by atoms with Crippen LogP contribution in [0.4, 0.5) is 0 Å². The van der Waals surface area contributed by atoms with Gasteiger partial charge in [0.05, 0.1) is 6.54 Å². The molecule has 0 bridgehead atoms. The minimum Gasteiger partial charge on any atom is -0.417 e. The van der Waals surface area contributed by atoms with Gasteiger partial charge in [-0.2, -0.15) is 0 Å². The molecule has 2 aromatic heterocycles. The van der Waals surface area contributed by atoms with E-state index in [4.69, 9.17) is 4.42 Å².